The third-order valence-corrected chi connectivity index (χ3v) is 3.78. The fourth-order valence-electron chi connectivity index (χ4n) is 2.14. The van der Waals surface area contributed by atoms with Crippen LogP contribution in [0, 0.1) is 0 Å². The van der Waals surface area contributed by atoms with E-state index in [4.69, 9.17) is 14.2 Å². The molecule has 0 amide bonds. The van der Waals surface area contributed by atoms with Gasteiger partial charge < -0.3 is 19.3 Å². The van der Waals surface area contributed by atoms with E-state index in [-0.39, 0.29) is 0 Å². The zero-order chi connectivity index (χ0) is 14.7. The molecule has 20 heavy (non-hydrogen) atoms. The maximum Gasteiger partial charge on any atom is 0.182 e. The molecule has 1 atom stereocenters. The molecule has 0 spiro atoms. The smallest absolute Gasteiger partial charge is 0.182 e. The number of fused-ring (bicyclic) bond motifs is 1. The normalized spacial score (nSPS) is 12.4. The van der Waals surface area contributed by atoms with Gasteiger partial charge in [-0.05, 0) is 35.9 Å². The predicted octanol–water partition coefficient (Wildman–Crippen LogP) is 3.65. The van der Waals surface area contributed by atoms with Crippen LogP contribution in [0.3, 0.4) is 0 Å². The SMILES string of the molecule is CCOC(O)c1c(Br)ccc2cc(OC)c(OC)cc12. The number of hydrogen-bond acceptors (Lipinski definition) is 4. The molecule has 0 aliphatic heterocycles. The summed E-state index contributed by atoms with van der Waals surface area (Å²) in [6.07, 6.45) is -0.990. The predicted molar refractivity (Wildman–Crippen MR) is 81.3 cm³/mol. The molecule has 0 saturated carbocycles. The third kappa shape index (κ3) is 2.75. The van der Waals surface area contributed by atoms with Crippen LogP contribution in [-0.2, 0) is 4.74 Å². The number of methoxy groups -OCH3 is 2. The maximum absolute atomic E-state index is 10.2. The molecule has 5 heteroatoms. The van der Waals surface area contributed by atoms with Crippen LogP contribution in [0.5, 0.6) is 11.5 Å². The van der Waals surface area contributed by atoms with E-state index in [9.17, 15) is 5.11 Å². The van der Waals surface area contributed by atoms with Gasteiger partial charge >= 0.3 is 0 Å². The van der Waals surface area contributed by atoms with E-state index in [1.807, 2.05) is 31.2 Å². The fourth-order valence-corrected chi connectivity index (χ4v) is 2.68. The van der Waals surface area contributed by atoms with Crippen molar-refractivity contribution < 1.29 is 19.3 Å². The van der Waals surface area contributed by atoms with Gasteiger partial charge in [-0.1, -0.05) is 22.0 Å². The van der Waals surface area contributed by atoms with E-state index in [1.54, 1.807) is 14.2 Å². The molecule has 0 aliphatic carbocycles. The quantitative estimate of drug-likeness (QED) is 0.844. The Balaban J connectivity index is 2.69. The van der Waals surface area contributed by atoms with Crippen molar-refractivity contribution in [3.63, 3.8) is 0 Å². The summed E-state index contributed by atoms with van der Waals surface area (Å²) in [4.78, 5) is 0. The molecule has 108 valence electrons. The first-order valence-electron chi connectivity index (χ1n) is 6.26. The molecule has 4 nitrogen and oxygen atoms in total. The maximum atomic E-state index is 10.2. The molecule has 0 saturated heterocycles. The van der Waals surface area contributed by atoms with Gasteiger partial charge in [-0.3, -0.25) is 0 Å². The molecule has 2 aromatic rings. The summed E-state index contributed by atoms with van der Waals surface area (Å²) < 4.78 is 16.7. The average Bonchev–Trinajstić information content (AvgIpc) is 2.45. The molecule has 2 aromatic carbocycles. The fraction of sp³-hybridized carbons (Fsp3) is 0.333. The highest BCUT2D eigenvalue weighted by Crippen LogP contribution is 2.38. The highest BCUT2D eigenvalue weighted by Gasteiger charge is 2.17. The van der Waals surface area contributed by atoms with Crippen LogP contribution in [0.1, 0.15) is 18.8 Å². The van der Waals surface area contributed by atoms with E-state index in [2.05, 4.69) is 15.9 Å². The zero-order valence-electron chi connectivity index (χ0n) is 11.6. The van der Waals surface area contributed by atoms with Crippen LogP contribution in [0.15, 0.2) is 28.7 Å². The lowest BCUT2D eigenvalue weighted by Crippen LogP contribution is -2.05. The summed E-state index contributed by atoms with van der Waals surface area (Å²) in [7, 11) is 3.18. The number of halogens is 1. The molecule has 0 bridgehead atoms. The van der Waals surface area contributed by atoms with Crippen molar-refractivity contribution in [1.29, 1.82) is 0 Å². The Morgan fingerprint density at radius 2 is 1.80 bits per heavy atom. The summed E-state index contributed by atoms with van der Waals surface area (Å²) in [5.41, 5.74) is 0.685. The second-order valence-electron chi connectivity index (χ2n) is 4.20. The summed E-state index contributed by atoms with van der Waals surface area (Å²) in [5.74, 6) is 1.27. The monoisotopic (exact) mass is 340 g/mol. The molecule has 0 aliphatic rings. The van der Waals surface area contributed by atoms with Gasteiger partial charge in [-0.15, -0.1) is 0 Å². The summed E-state index contributed by atoms with van der Waals surface area (Å²) >= 11 is 3.46. The van der Waals surface area contributed by atoms with Crippen LogP contribution in [0.2, 0.25) is 0 Å². The summed E-state index contributed by atoms with van der Waals surface area (Å²) in [5, 5.41) is 12.0. The van der Waals surface area contributed by atoms with Crippen LogP contribution in [0.25, 0.3) is 10.8 Å². The average molecular weight is 341 g/mol. The van der Waals surface area contributed by atoms with E-state index < -0.39 is 6.29 Å². The van der Waals surface area contributed by atoms with E-state index in [0.717, 1.165) is 15.2 Å². The van der Waals surface area contributed by atoms with E-state index in [1.165, 1.54) is 0 Å². The topological polar surface area (TPSA) is 47.9 Å². The van der Waals surface area contributed by atoms with Crippen molar-refractivity contribution in [2.75, 3.05) is 20.8 Å². The minimum Gasteiger partial charge on any atom is -0.493 e. The lowest BCUT2D eigenvalue weighted by atomic mass is 10.0. The largest absolute Gasteiger partial charge is 0.493 e. The van der Waals surface area contributed by atoms with Crippen LogP contribution in [0.4, 0.5) is 0 Å². The first kappa shape index (κ1) is 15.1. The number of ether oxygens (including phenoxy) is 3. The molecule has 0 fully saturated rings. The Labute approximate surface area is 126 Å². The van der Waals surface area contributed by atoms with Crippen molar-refractivity contribution in [2.45, 2.75) is 13.2 Å². The van der Waals surface area contributed by atoms with Crippen molar-refractivity contribution in [3.8, 4) is 11.5 Å². The molecule has 0 heterocycles. The van der Waals surface area contributed by atoms with Crippen LogP contribution in [-0.4, -0.2) is 25.9 Å². The second kappa shape index (κ2) is 6.43. The molecular weight excluding hydrogens is 324 g/mol. The summed E-state index contributed by atoms with van der Waals surface area (Å²) in [6.45, 7) is 2.27. The minimum absolute atomic E-state index is 0.428. The molecule has 0 aromatic heterocycles. The molecular formula is C15H17BrO4. The van der Waals surface area contributed by atoms with Gasteiger partial charge in [0.25, 0.3) is 0 Å². The number of hydrogen-bond donors (Lipinski definition) is 1. The van der Waals surface area contributed by atoms with Gasteiger partial charge in [0.15, 0.2) is 17.8 Å². The minimum atomic E-state index is -0.990. The van der Waals surface area contributed by atoms with Gasteiger partial charge in [0.05, 0.1) is 14.2 Å². The van der Waals surface area contributed by atoms with Gasteiger partial charge in [-0.2, -0.15) is 0 Å². The van der Waals surface area contributed by atoms with E-state index >= 15 is 0 Å². The van der Waals surface area contributed by atoms with E-state index in [0.29, 0.717) is 23.7 Å². The number of aliphatic hydroxyl groups excluding tert-OH is 1. The van der Waals surface area contributed by atoms with Crippen LogP contribution >= 0.6 is 15.9 Å². The van der Waals surface area contributed by atoms with Gasteiger partial charge in [0, 0.05) is 16.6 Å². The highest BCUT2D eigenvalue weighted by molar-refractivity contribution is 9.10. The number of aliphatic hydroxyl groups is 1. The molecule has 2 rings (SSSR count). The van der Waals surface area contributed by atoms with Gasteiger partial charge in [0.2, 0.25) is 0 Å². The third-order valence-electron chi connectivity index (χ3n) is 3.08. The Kier molecular flexibility index (Phi) is 4.86. The number of rotatable bonds is 5. The van der Waals surface area contributed by atoms with Crippen molar-refractivity contribution >= 4 is 26.7 Å². The Hall–Kier alpha value is -1.30. The van der Waals surface area contributed by atoms with Crippen LogP contribution < -0.4 is 9.47 Å². The first-order chi connectivity index (χ1) is 9.62. The molecule has 0 radical (unpaired) electrons. The Morgan fingerprint density at radius 3 is 2.40 bits per heavy atom. The zero-order valence-corrected chi connectivity index (χ0v) is 13.2. The molecule has 1 unspecified atom stereocenters. The highest BCUT2D eigenvalue weighted by atomic mass is 79.9. The van der Waals surface area contributed by atoms with Crippen molar-refractivity contribution in [2.24, 2.45) is 0 Å². The van der Waals surface area contributed by atoms with Gasteiger partial charge in [-0.25, -0.2) is 0 Å². The first-order valence-corrected chi connectivity index (χ1v) is 7.05. The Bertz CT molecular complexity index is 612. The summed E-state index contributed by atoms with van der Waals surface area (Å²) in [6, 6.07) is 7.55. The lowest BCUT2D eigenvalue weighted by molar-refractivity contribution is -0.0974. The van der Waals surface area contributed by atoms with Crippen molar-refractivity contribution in [1.82, 2.24) is 0 Å². The lowest BCUT2D eigenvalue weighted by Gasteiger charge is -2.17. The van der Waals surface area contributed by atoms with Crippen molar-refractivity contribution in [3.05, 3.63) is 34.3 Å². The standard InChI is InChI=1S/C15H17BrO4/c1-4-20-15(17)14-10-8-13(19-3)12(18-2)7-9(10)5-6-11(14)16/h5-8,15,17H,4H2,1-3H3. The number of benzene rings is 2. The van der Waals surface area contributed by atoms with Gasteiger partial charge in [0.1, 0.15) is 0 Å². The molecule has 1 N–H and O–H groups in total. The Morgan fingerprint density at radius 1 is 1.15 bits per heavy atom. The second-order valence-corrected chi connectivity index (χ2v) is 5.05.